The Morgan fingerprint density at radius 1 is 0.963 bits per heavy atom. The Morgan fingerprint density at radius 2 is 1.72 bits per heavy atom. The highest BCUT2D eigenvalue weighted by Gasteiger charge is 2.44. The molecule has 0 spiro atoms. The Labute approximate surface area is 318 Å². The van der Waals surface area contributed by atoms with Crippen LogP contribution in [-0.4, -0.2) is 90.0 Å². The number of amides is 3. The van der Waals surface area contributed by atoms with Crippen LogP contribution in [0.4, 0.5) is 5.69 Å². The number of ether oxygens (including phenoxy) is 3. The largest absolute Gasteiger partial charge is 0.506 e. The van der Waals surface area contributed by atoms with Crippen molar-refractivity contribution >= 4 is 67.3 Å². The molecule has 0 bridgehead atoms. The van der Waals surface area contributed by atoms with E-state index in [0.717, 1.165) is 28.0 Å². The summed E-state index contributed by atoms with van der Waals surface area (Å²) in [6.45, 7) is 5.57. The standard InChI is InChI=1S/C36H34N6O9S3/c1-22-8-11-29(33(44)38-22)42-34(45)26-10-9-23(19-27(26)35(42)46)51-17-16-50-15-14-49-13-12-41-21-37-36(39-41)53-30-20-28(24-5-2-3-6-25(24)32(30)43)40-54(47,48)31-7-4-18-52-31/h2-7,9-10,18-21,29,40,43H,1,8,11-17H2,(H,38,44). The molecule has 1 unspecified atom stereocenters. The van der Waals surface area contributed by atoms with Crippen LogP contribution in [-0.2, 0) is 30.8 Å². The van der Waals surface area contributed by atoms with Gasteiger partial charge >= 0.3 is 0 Å². The number of rotatable bonds is 16. The lowest BCUT2D eigenvalue weighted by atomic mass is 10.0. The maximum absolute atomic E-state index is 13.1. The summed E-state index contributed by atoms with van der Waals surface area (Å²) in [5.41, 5.74) is 1.31. The van der Waals surface area contributed by atoms with Crippen molar-refractivity contribution < 1.29 is 42.1 Å². The second kappa shape index (κ2) is 16.0. The monoisotopic (exact) mass is 790 g/mol. The van der Waals surface area contributed by atoms with Crippen LogP contribution in [0.25, 0.3) is 10.8 Å². The molecule has 18 heteroatoms. The third-order valence-electron chi connectivity index (χ3n) is 8.56. The van der Waals surface area contributed by atoms with Crippen LogP contribution in [0.3, 0.4) is 0 Å². The van der Waals surface area contributed by atoms with E-state index in [9.17, 15) is 27.9 Å². The molecule has 3 N–H and O–H groups in total. The van der Waals surface area contributed by atoms with Gasteiger partial charge in [-0.05, 0) is 60.3 Å². The van der Waals surface area contributed by atoms with Crippen molar-refractivity contribution in [1.82, 2.24) is 25.0 Å². The molecule has 0 saturated carbocycles. The van der Waals surface area contributed by atoms with E-state index in [1.54, 1.807) is 58.9 Å². The molecule has 2 aliphatic rings. The number of anilines is 1. The highest BCUT2D eigenvalue weighted by atomic mass is 32.2. The number of aromatic nitrogens is 3. The molecule has 0 radical (unpaired) electrons. The number of aromatic hydroxyl groups is 1. The molecule has 54 heavy (non-hydrogen) atoms. The number of thiophene rings is 1. The van der Waals surface area contributed by atoms with E-state index in [0.29, 0.717) is 77.2 Å². The van der Waals surface area contributed by atoms with Crippen molar-refractivity contribution in [2.45, 2.75) is 39.7 Å². The Kier molecular flexibility index (Phi) is 11.0. The van der Waals surface area contributed by atoms with Crippen molar-refractivity contribution in [2.24, 2.45) is 0 Å². The summed E-state index contributed by atoms with van der Waals surface area (Å²) in [4.78, 5) is 44.1. The van der Waals surface area contributed by atoms with Gasteiger partial charge in [-0.25, -0.2) is 18.1 Å². The summed E-state index contributed by atoms with van der Waals surface area (Å²) >= 11 is 2.21. The molecule has 7 rings (SSSR count). The number of phenols is 1. The first-order chi connectivity index (χ1) is 26.1. The fraction of sp³-hybridized carbons (Fsp3) is 0.250. The first-order valence-corrected chi connectivity index (χ1v) is 19.9. The number of phenolic OH excluding ortho intramolecular Hbond substituents is 1. The van der Waals surface area contributed by atoms with Crippen LogP contribution >= 0.6 is 23.1 Å². The van der Waals surface area contributed by atoms with Crippen LogP contribution in [0, 0.1) is 0 Å². The molecule has 4 heterocycles. The normalized spacial score (nSPS) is 15.9. The third kappa shape index (κ3) is 7.97. The van der Waals surface area contributed by atoms with Crippen LogP contribution in [0.1, 0.15) is 33.6 Å². The molecule has 5 aromatic rings. The Bertz CT molecular complexity index is 2350. The van der Waals surface area contributed by atoms with Crippen LogP contribution < -0.4 is 14.8 Å². The van der Waals surface area contributed by atoms with E-state index >= 15 is 0 Å². The quantitative estimate of drug-likeness (QED) is 0.0714. The topological polar surface area (TPSA) is 191 Å². The van der Waals surface area contributed by atoms with Crippen molar-refractivity contribution in [3.63, 3.8) is 0 Å². The van der Waals surface area contributed by atoms with Gasteiger partial charge in [0, 0.05) is 16.5 Å². The SMILES string of the molecule is C=C1CCC(N2C(=O)c3ccc(OCCOCCOCCn4cnc(Sc5cc(NS(=O)(=O)c6cccs6)c6ccccc6c5O)n4)cc3C2=O)C(=O)N1. The van der Waals surface area contributed by atoms with Gasteiger partial charge in [-0.3, -0.25) is 24.0 Å². The molecule has 280 valence electrons. The molecule has 1 atom stereocenters. The number of benzene rings is 3. The number of nitrogens with zero attached hydrogens (tertiary/aromatic N) is 4. The number of carbonyl (C=O) groups is 3. The fourth-order valence-electron chi connectivity index (χ4n) is 5.96. The second-order valence-electron chi connectivity index (χ2n) is 12.2. The lowest BCUT2D eigenvalue weighted by Crippen LogP contribution is -2.51. The molecule has 3 aromatic carbocycles. The summed E-state index contributed by atoms with van der Waals surface area (Å²) in [5, 5.41) is 21.2. The van der Waals surface area contributed by atoms with E-state index in [2.05, 4.69) is 26.7 Å². The number of allylic oxidation sites excluding steroid dienone is 1. The maximum atomic E-state index is 13.1. The van der Waals surface area contributed by atoms with E-state index < -0.39 is 33.8 Å². The van der Waals surface area contributed by atoms with Gasteiger partial charge in [-0.2, -0.15) is 0 Å². The molecule has 1 saturated heterocycles. The smallest absolute Gasteiger partial charge is 0.271 e. The number of piperidine rings is 1. The van der Waals surface area contributed by atoms with Gasteiger partial charge in [-0.15, -0.1) is 16.4 Å². The predicted molar refractivity (Wildman–Crippen MR) is 199 cm³/mol. The summed E-state index contributed by atoms with van der Waals surface area (Å²) in [6.07, 6.45) is 2.36. The zero-order chi connectivity index (χ0) is 37.8. The highest BCUT2D eigenvalue weighted by Crippen LogP contribution is 2.42. The number of hydrogen-bond acceptors (Lipinski definition) is 13. The maximum Gasteiger partial charge on any atom is 0.271 e. The van der Waals surface area contributed by atoms with Gasteiger partial charge in [0.1, 0.15) is 34.7 Å². The Morgan fingerprint density at radius 3 is 2.50 bits per heavy atom. The molecule has 0 aliphatic carbocycles. The molecular formula is C36H34N6O9S3. The van der Waals surface area contributed by atoms with E-state index in [1.165, 1.54) is 18.2 Å². The summed E-state index contributed by atoms with van der Waals surface area (Å²) in [5.74, 6) is -1.06. The number of fused-ring (bicyclic) bond motifs is 2. The number of sulfonamides is 1. The lowest BCUT2D eigenvalue weighted by Gasteiger charge is -2.29. The fourth-order valence-corrected chi connectivity index (χ4v) is 8.85. The number of hydrogen-bond donors (Lipinski definition) is 3. The molecule has 3 amide bonds. The molecule has 15 nitrogen and oxygen atoms in total. The van der Waals surface area contributed by atoms with Crippen molar-refractivity contribution in [2.75, 3.05) is 37.8 Å². The van der Waals surface area contributed by atoms with Gasteiger partial charge in [-0.1, -0.05) is 36.9 Å². The average molecular weight is 791 g/mol. The van der Waals surface area contributed by atoms with Crippen molar-refractivity contribution in [1.29, 1.82) is 0 Å². The third-order valence-corrected chi connectivity index (χ3v) is 12.2. The van der Waals surface area contributed by atoms with E-state index in [4.69, 9.17) is 14.2 Å². The Hall–Kier alpha value is -5.27. The van der Waals surface area contributed by atoms with Crippen molar-refractivity contribution in [3.8, 4) is 11.5 Å². The van der Waals surface area contributed by atoms with Crippen LogP contribution in [0.15, 0.2) is 98.9 Å². The zero-order valence-electron chi connectivity index (χ0n) is 28.6. The number of imide groups is 1. The minimum absolute atomic E-state index is 0.0103. The minimum atomic E-state index is -3.82. The summed E-state index contributed by atoms with van der Waals surface area (Å²) < 4.78 is 47.4. The average Bonchev–Trinajstić information content (AvgIpc) is 3.91. The van der Waals surface area contributed by atoms with Gasteiger partial charge in [0.15, 0.2) is 0 Å². The first-order valence-electron chi connectivity index (χ1n) is 16.8. The molecular weight excluding hydrogens is 757 g/mol. The van der Waals surface area contributed by atoms with Gasteiger partial charge in [0.05, 0.1) is 54.7 Å². The summed E-state index contributed by atoms with van der Waals surface area (Å²) in [6, 6.07) is 15.5. The van der Waals surface area contributed by atoms with Crippen LogP contribution in [0.5, 0.6) is 11.5 Å². The Balaban J connectivity index is 0.837. The number of carbonyl (C=O) groups excluding carboxylic acids is 3. The van der Waals surface area contributed by atoms with Crippen LogP contribution in [0.2, 0.25) is 0 Å². The van der Waals surface area contributed by atoms with E-state index in [1.807, 2.05) is 0 Å². The lowest BCUT2D eigenvalue weighted by molar-refractivity contribution is -0.125. The van der Waals surface area contributed by atoms with Crippen molar-refractivity contribution in [3.05, 3.63) is 95.8 Å². The predicted octanol–water partition coefficient (Wildman–Crippen LogP) is 4.65. The van der Waals surface area contributed by atoms with E-state index in [-0.39, 0.29) is 34.3 Å². The second-order valence-corrected chi connectivity index (χ2v) is 16.0. The van der Waals surface area contributed by atoms with Gasteiger partial charge in [0.25, 0.3) is 21.8 Å². The first kappa shape index (κ1) is 37.1. The van der Waals surface area contributed by atoms with Gasteiger partial charge in [0.2, 0.25) is 11.1 Å². The summed E-state index contributed by atoms with van der Waals surface area (Å²) in [7, 11) is -3.82. The molecule has 2 aromatic heterocycles. The highest BCUT2D eigenvalue weighted by molar-refractivity contribution is 7.99. The molecule has 2 aliphatic heterocycles. The van der Waals surface area contributed by atoms with Gasteiger partial charge < -0.3 is 24.6 Å². The molecule has 1 fully saturated rings. The number of nitrogens with one attached hydrogen (secondary N) is 2. The minimum Gasteiger partial charge on any atom is -0.506 e. The zero-order valence-corrected chi connectivity index (χ0v) is 31.0.